The molecule has 1 unspecified atom stereocenters. The quantitative estimate of drug-likeness (QED) is 0.751. The Balaban J connectivity index is 2.14. The van der Waals surface area contributed by atoms with Crippen LogP contribution in [0, 0.1) is 11.7 Å². The lowest BCUT2D eigenvalue weighted by Gasteiger charge is -2.22. The third-order valence-electron chi connectivity index (χ3n) is 3.74. The highest BCUT2D eigenvalue weighted by Crippen LogP contribution is 2.36. The second kappa shape index (κ2) is 7.16. The molecule has 0 aromatic heterocycles. The lowest BCUT2D eigenvalue weighted by molar-refractivity contribution is -0.157. The van der Waals surface area contributed by atoms with E-state index in [0.29, 0.717) is 5.92 Å². The van der Waals surface area contributed by atoms with Gasteiger partial charge in [0.05, 0.1) is 0 Å². The number of ether oxygens (including phenoxy) is 2. The largest absolute Gasteiger partial charge is 0.478 e. The average Bonchev–Trinajstić information content (AvgIpc) is 2.45. The molecule has 126 valence electrons. The van der Waals surface area contributed by atoms with E-state index in [1.54, 1.807) is 26.8 Å². The SMILES string of the molecule is CC1CC=C(c2cccc(F)c2OCC(=O)OC(C)(C)C)CC1. The van der Waals surface area contributed by atoms with E-state index >= 15 is 0 Å². The van der Waals surface area contributed by atoms with Gasteiger partial charge in [-0.1, -0.05) is 25.1 Å². The van der Waals surface area contributed by atoms with Crippen molar-refractivity contribution < 1.29 is 18.7 Å². The van der Waals surface area contributed by atoms with Crippen molar-refractivity contribution in [2.75, 3.05) is 6.61 Å². The van der Waals surface area contributed by atoms with Crippen molar-refractivity contribution in [1.29, 1.82) is 0 Å². The number of carbonyl (C=O) groups excluding carboxylic acids is 1. The zero-order valence-corrected chi connectivity index (χ0v) is 14.3. The van der Waals surface area contributed by atoms with Gasteiger partial charge in [0.1, 0.15) is 5.60 Å². The Morgan fingerprint density at radius 1 is 1.35 bits per heavy atom. The highest BCUT2D eigenvalue weighted by atomic mass is 19.1. The molecule has 0 amide bonds. The molecule has 1 atom stereocenters. The zero-order chi connectivity index (χ0) is 17.0. The normalized spacial score (nSPS) is 18.3. The number of carbonyl (C=O) groups is 1. The summed E-state index contributed by atoms with van der Waals surface area (Å²) in [5.41, 5.74) is 1.24. The predicted octanol–water partition coefficient (Wildman–Crippen LogP) is 4.75. The molecule has 0 aliphatic heterocycles. The Kier molecular flexibility index (Phi) is 5.45. The molecule has 0 N–H and O–H groups in total. The molecule has 1 aromatic rings. The first-order chi connectivity index (χ1) is 10.8. The van der Waals surface area contributed by atoms with Gasteiger partial charge in [-0.2, -0.15) is 0 Å². The van der Waals surface area contributed by atoms with Crippen LogP contribution in [0.15, 0.2) is 24.3 Å². The molecular weight excluding hydrogens is 295 g/mol. The van der Waals surface area contributed by atoms with Crippen LogP contribution >= 0.6 is 0 Å². The third kappa shape index (κ3) is 5.08. The molecule has 0 fully saturated rings. The summed E-state index contributed by atoms with van der Waals surface area (Å²) in [6.07, 6.45) is 5.10. The van der Waals surface area contributed by atoms with Crippen molar-refractivity contribution >= 4 is 11.5 Å². The highest BCUT2D eigenvalue weighted by Gasteiger charge is 2.20. The van der Waals surface area contributed by atoms with Gasteiger partial charge in [0.25, 0.3) is 0 Å². The number of allylic oxidation sites excluding steroid dienone is 2. The lowest BCUT2D eigenvalue weighted by Crippen LogP contribution is -2.27. The molecule has 0 saturated carbocycles. The maximum Gasteiger partial charge on any atom is 0.344 e. The molecule has 1 aliphatic carbocycles. The van der Waals surface area contributed by atoms with Gasteiger partial charge < -0.3 is 9.47 Å². The number of halogens is 1. The molecule has 2 rings (SSSR count). The Hall–Kier alpha value is -1.84. The molecule has 4 heteroatoms. The van der Waals surface area contributed by atoms with Crippen LogP contribution in [0.5, 0.6) is 5.75 Å². The summed E-state index contributed by atoms with van der Waals surface area (Å²) in [7, 11) is 0. The van der Waals surface area contributed by atoms with Crippen molar-refractivity contribution in [1.82, 2.24) is 0 Å². The summed E-state index contributed by atoms with van der Waals surface area (Å²) < 4.78 is 24.8. The van der Waals surface area contributed by atoms with E-state index in [2.05, 4.69) is 13.0 Å². The second-order valence-corrected chi connectivity index (χ2v) is 7.10. The van der Waals surface area contributed by atoms with Gasteiger partial charge in [-0.05, 0) is 57.6 Å². The van der Waals surface area contributed by atoms with Crippen LogP contribution in [-0.2, 0) is 9.53 Å². The lowest BCUT2D eigenvalue weighted by atomic mass is 9.87. The van der Waals surface area contributed by atoms with Crippen molar-refractivity contribution in [2.45, 2.75) is 52.6 Å². The van der Waals surface area contributed by atoms with Crippen molar-refractivity contribution in [3.8, 4) is 5.75 Å². The van der Waals surface area contributed by atoms with Gasteiger partial charge in [-0.15, -0.1) is 0 Å². The van der Waals surface area contributed by atoms with Crippen LogP contribution in [0.1, 0.15) is 52.5 Å². The van der Waals surface area contributed by atoms with Gasteiger partial charge in [0.15, 0.2) is 18.2 Å². The first kappa shape index (κ1) is 17.5. The van der Waals surface area contributed by atoms with Crippen LogP contribution in [0.3, 0.4) is 0 Å². The van der Waals surface area contributed by atoms with Crippen LogP contribution in [0.2, 0.25) is 0 Å². The number of para-hydroxylation sites is 1. The summed E-state index contributed by atoms with van der Waals surface area (Å²) in [6, 6.07) is 4.86. The van der Waals surface area contributed by atoms with Crippen LogP contribution in [0.4, 0.5) is 4.39 Å². The number of benzene rings is 1. The Morgan fingerprint density at radius 2 is 2.09 bits per heavy atom. The third-order valence-corrected chi connectivity index (χ3v) is 3.74. The summed E-state index contributed by atoms with van der Waals surface area (Å²) >= 11 is 0. The number of rotatable bonds is 4. The van der Waals surface area contributed by atoms with Crippen molar-refractivity contribution in [2.24, 2.45) is 5.92 Å². The van der Waals surface area contributed by atoms with Crippen molar-refractivity contribution in [3.63, 3.8) is 0 Å². The van der Waals surface area contributed by atoms with Gasteiger partial charge in [-0.3, -0.25) is 0 Å². The van der Waals surface area contributed by atoms with Crippen LogP contribution < -0.4 is 4.74 Å². The number of hydrogen-bond acceptors (Lipinski definition) is 3. The average molecular weight is 320 g/mol. The fourth-order valence-corrected chi connectivity index (χ4v) is 2.62. The van der Waals surface area contributed by atoms with Gasteiger partial charge in [0, 0.05) is 5.56 Å². The molecule has 1 aromatic carbocycles. The Labute approximate surface area is 137 Å². The number of hydrogen-bond donors (Lipinski definition) is 0. The fourth-order valence-electron chi connectivity index (χ4n) is 2.62. The molecule has 0 heterocycles. The van der Waals surface area contributed by atoms with Crippen LogP contribution in [0.25, 0.3) is 5.57 Å². The van der Waals surface area contributed by atoms with Gasteiger partial charge >= 0.3 is 5.97 Å². The van der Waals surface area contributed by atoms with E-state index in [0.717, 1.165) is 30.4 Å². The first-order valence-corrected chi connectivity index (χ1v) is 8.09. The minimum Gasteiger partial charge on any atom is -0.478 e. The fraction of sp³-hybridized carbons (Fsp3) is 0.526. The minimum absolute atomic E-state index is 0.138. The molecule has 23 heavy (non-hydrogen) atoms. The van der Waals surface area contributed by atoms with E-state index in [1.165, 1.54) is 6.07 Å². The van der Waals surface area contributed by atoms with Gasteiger partial charge in [0.2, 0.25) is 0 Å². The maximum absolute atomic E-state index is 14.2. The molecule has 0 bridgehead atoms. The Morgan fingerprint density at radius 3 is 2.70 bits per heavy atom. The summed E-state index contributed by atoms with van der Waals surface area (Å²) in [5.74, 6) is -0.166. The standard InChI is InChI=1S/C19H25FO3/c1-13-8-10-14(11-9-13)15-6-5-7-16(20)18(15)22-12-17(21)23-19(2,3)4/h5-7,10,13H,8-9,11-12H2,1-4H3. The first-order valence-electron chi connectivity index (χ1n) is 8.09. The van der Waals surface area contributed by atoms with Gasteiger partial charge in [-0.25, -0.2) is 9.18 Å². The maximum atomic E-state index is 14.2. The molecule has 0 saturated heterocycles. The molecule has 3 nitrogen and oxygen atoms in total. The number of esters is 1. The summed E-state index contributed by atoms with van der Waals surface area (Å²) in [5, 5.41) is 0. The molecule has 1 aliphatic rings. The van der Waals surface area contributed by atoms with Crippen LogP contribution in [-0.4, -0.2) is 18.2 Å². The topological polar surface area (TPSA) is 35.5 Å². The van der Waals surface area contributed by atoms with Crippen molar-refractivity contribution in [3.05, 3.63) is 35.7 Å². The predicted molar refractivity (Wildman–Crippen MR) is 88.7 cm³/mol. The highest BCUT2D eigenvalue weighted by molar-refractivity contribution is 5.74. The smallest absolute Gasteiger partial charge is 0.344 e. The Bertz CT molecular complexity index is 599. The van der Waals surface area contributed by atoms with E-state index < -0.39 is 17.4 Å². The minimum atomic E-state index is -0.583. The van der Waals surface area contributed by atoms with E-state index in [1.807, 2.05) is 6.07 Å². The molecule has 0 radical (unpaired) electrons. The van der Waals surface area contributed by atoms with E-state index in [9.17, 15) is 9.18 Å². The second-order valence-electron chi connectivity index (χ2n) is 7.10. The molecule has 0 spiro atoms. The molecular formula is C19H25FO3. The van der Waals surface area contributed by atoms with E-state index in [-0.39, 0.29) is 12.4 Å². The van der Waals surface area contributed by atoms with E-state index in [4.69, 9.17) is 9.47 Å². The summed E-state index contributed by atoms with van der Waals surface area (Å²) in [6.45, 7) is 7.27. The summed E-state index contributed by atoms with van der Waals surface area (Å²) in [4.78, 5) is 11.8. The monoisotopic (exact) mass is 320 g/mol. The zero-order valence-electron chi connectivity index (χ0n) is 14.3.